The normalized spacial score (nSPS) is 33.3. The van der Waals surface area contributed by atoms with Crippen LogP contribution in [0.3, 0.4) is 0 Å². The van der Waals surface area contributed by atoms with E-state index in [2.05, 4.69) is 44.8 Å². The van der Waals surface area contributed by atoms with Crippen molar-refractivity contribution >= 4 is 0 Å². The Hall–Kier alpha value is -0.0800. The largest absolute Gasteiger partial charge is 0.314 e. The third kappa shape index (κ3) is 4.96. The summed E-state index contributed by atoms with van der Waals surface area (Å²) >= 11 is 0. The molecule has 0 aromatic heterocycles. The van der Waals surface area contributed by atoms with Crippen molar-refractivity contribution in [3.8, 4) is 0 Å². The summed E-state index contributed by atoms with van der Waals surface area (Å²) in [6, 6.07) is 0.770. The van der Waals surface area contributed by atoms with E-state index in [0.29, 0.717) is 5.41 Å². The summed E-state index contributed by atoms with van der Waals surface area (Å²) < 4.78 is 0. The smallest absolute Gasteiger partial charge is 0.0108 e. The van der Waals surface area contributed by atoms with Crippen molar-refractivity contribution in [1.29, 1.82) is 0 Å². The molecule has 0 aromatic carbocycles. The van der Waals surface area contributed by atoms with Crippen LogP contribution in [0.2, 0.25) is 0 Å². The molecule has 124 valence electrons. The molecule has 0 aromatic rings. The van der Waals surface area contributed by atoms with Crippen LogP contribution in [0.4, 0.5) is 0 Å². The lowest BCUT2D eigenvalue weighted by molar-refractivity contribution is 0.0809. The minimum atomic E-state index is 0.498. The molecule has 0 radical (unpaired) electrons. The Morgan fingerprint density at radius 3 is 2.29 bits per heavy atom. The van der Waals surface area contributed by atoms with Crippen LogP contribution < -0.4 is 5.32 Å². The summed E-state index contributed by atoms with van der Waals surface area (Å²) in [6.45, 7) is 17.1. The van der Waals surface area contributed by atoms with Crippen molar-refractivity contribution in [2.24, 2.45) is 23.2 Å². The minimum absolute atomic E-state index is 0.498. The highest BCUT2D eigenvalue weighted by Gasteiger charge is 2.32. The number of nitrogens with one attached hydrogen (secondary N) is 1. The molecule has 1 saturated heterocycles. The molecule has 2 fully saturated rings. The van der Waals surface area contributed by atoms with Crippen LogP contribution in [0.25, 0.3) is 0 Å². The Labute approximate surface area is 133 Å². The van der Waals surface area contributed by atoms with E-state index in [-0.39, 0.29) is 0 Å². The SMILES string of the molecule is CCNC1CCC(C)CC1CN1CCC(C(C)(C)C)CC1. The zero-order valence-corrected chi connectivity index (χ0v) is 15.1. The fourth-order valence-electron chi connectivity index (χ4n) is 4.54. The lowest BCUT2D eigenvalue weighted by atomic mass is 9.74. The summed E-state index contributed by atoms with van der Waals surface area (Å²) in [5.74, 6) is 2.72. The molecule has 0 amide bonds. The van der Waals surface area contributed by atoms with Gasteiger partial charge in [-0.15, -0.1) is 0 Å². The van der Waals surface area contributed by atoms with E-state index < -0.39 is 0 Å². The second-order valence-corrected chi connectivity index (χ2v) is 8.78. The van der Waals surface area contributed by atoms with Crippen molar-refractivity contribution in [3.63, 3.8) is 0 Å². The first kappa shape index (κ1) is 17.3. The van der Waals surface area contributed by atoms with Gasteiger partial charge in [-0.2, -0.15) is 0 Å². The van der Waals surface area contributed by atoms with E-state index in [1.165, 1.54) is 51.7 Å². The van der Waals surface area contributed by atoms with Gasteiger partial charge in [-0.1, -0.05) is 34.6 Å². The molecule has 2 rings (SSSR count). The second kappa shape index (κ2) is 7.46. The maximum atomic E-state index is 3.75. The van der Waals surface area contributed by atoms with Gasteiger partial charge in [0.1, 0.15) is 0 Å². The first-order chi connectivity index (χ1) is 9.90. The molecule has 1 N–H and O–H groups in total. The fourth-order valence-corrected chi connectivity index (χ4v) is 4.54. The number of piperidine rings is 1. The maximum absolute atomic E-state index is 3.75. The molecule has 1 aliphatic carbocycles. The third-order valence-electron chi connectivity index (χ3n) is 6.02. The predicted molar refractivity (Wildman–Crippen MR) is 92.6 cm³/mol. The van der Waals surface area contributed by atoms with Gasteiger partial charge in [0.25, 0.3) is 0 Å². The number of hydrogen-bond acceptors (Lipinski definition) is 2. The van der Waals surface area contributed by atoms with E-state index in [9.17, 15) is 0 Å². The highest BCUT2D eigenvalue weighted by molar-refractivity contribution is 4.87. The lowest BCUT2D eigenvalue weighted by Crippen LogP contribution is -2.47. The van der Waals surface area contributed by atoms with Crippen molar-refractivity contribution in [1.82, 2.24) is 10.2 Å². The summed E-state index contributed by atoms with van der Waals surface area (Å²) in [5.41, 5.74) is 0.498. The van der Waals surface area contributed by atoms with Gasteiger partial charge in [0.2, 0.25) is 0 Å². The van der Waals surface area contributed by atoms with Crippen molar-refractivity contribution < 1.29 is 0 Å². The van der Waals surface area contributed by atoms with Gasteiger partial charge >= 0.3 is 0 Å². The van der Waals surface area contributed by atoms with Crippen molar-refractivity contribution in [2.75, 3.05) is 26.2 Å². The molecule has 21 heavy (non-hydrogen) atoms. The zero-order valence-electron chi connectivity index (χ0n) is 15.1. The molecule has 1 aliphatic heterocycles. The van der Waals surface area contributed by atoms with Crippen LogP contribution >= 0.6 is 0 Å². The van der Waals surface area contributed by atoms with Gasteiger partial charge < -0.3 is 10.2 Å². The standard InChI is InChI=1S/C19H38N2/c1-6-20-18-8-7-15(2)13-16(18)14-21-11-9-17(10-12-21)19(3,4)5/h15-18,20H,6-14H2,1-5H3. The molecule has 2 nitrogen and oxygen atoms in total. The Morgan fingerprint density at radius 2 is 1.71 bits per heavy atom. The number of likely N-dealkylation sites (tertiary alicyclic amines) is 1. The topological polar surface area (TPSA) is 15.3 Å². The van der Waals surface area contributed by atoms with Gasteiger partial charge in [0.05, 0.1) is 0 Å². The summed E-state index contributed by atoms with van der Waals surface area (Å²) in [7, 11) is 0. The fraction of sp³-hybridized carbons (Fsp3) is 1.00. The third-order valence-corrected chi connectivity index (χ3v) is 6.02. The first-order valence-corrected chi connectivity index (χ1v) is 9.36. The average molecular weight is 295 g/mol. The quantitative estimate of drug-likeness (QED) is 0.837. The molecule has 1 saturated carbocycles. The van der Waals surface area contributed by atoms with E-state index in [1.807, 2.05) is 0 Å². The highest BCUT2D eigenvalue weighted by atomic mass is 15.1. The van der Waals surface area contributed by atoms with E-state index in [1.54, 1.807) is 0 Å². The number of nitrogens with zero attached hydrogens (tertiary/aromatic N) is 1. The molecule has 2 aliphatic rings. The van der Waals surface area contributed by atoms with Crippen LogP contribution in [-0.2, 0) is 0 Å². The molecule has 1 heterocycles. The van der Waals surface area contributed by atoms with E-state index in [4.69, 9.17) is 0 Å². The predicted octanol–water partition coefficient (Wildman–Crippen LogP) is 4.16. The van der Waals surface area contributed by atoms with Crippen LogP contribution in [0.15, 0.2) is 0 Å². The summed E-state index contributed by atoms with van der Waals surface area (Å²) in [5, 5.41) is 3.75. The Morgan fingerprint density at radius 1 is 1.05 bits per heavy atom. The number of hydrogen-bond donors (Lipinski definition) is 1. The molecule has 2 heteroatoms. The molecule has 3 atom stereocenters. The molecule has 0 bridgehead atoms. The monoisotopic (exact) mass is 294 g/mol. The number of rotatable bonds is 4. The molecular formula is C19H38N2. The van der Waals surface area contributed by atoms with Gasteiger partial charge in [0.15, 0.2) is 0 Å². The summed E-state index contributed by atoms with van der Waals surface area (Å²) in [6.07, 6.45) is 7.03. The van der Waals surface area contributed by atoms with E-state index in [0.717, 1.165) is 30.3 Å². The molecular weight excluding hydrogens is 256 g/mol. The second-order valence-electron chi connectivity index (χ2n) is 8.78. The van der Waals surface area contributed by atoms with Crippen molar-refractivity contribution in [2.45, 2.75) is 72.8 Å². The van der Waals surface area contributed by atoms with Crippen LogP contribution in [-0.4, -0.2) is 37.1 Å². The lowest BCUT2D eigenvalue weighted by Gasteiger charge is -2.42. The highest BCUT2D eigenvalue weighted by Crippen LogP contribution is 2.35. The Kier molecular flexibility index (Phi) is 6.14. The summed E-state index contributed by atoms with van der Waals surface area (Å²) in [4.78, 5) is 2.76. The van der Waals surface area contributed by atoms with Crippen LogP contribution in [0.5, 0.6) is 0 Å². The maximum Gasteiger partial charge on any atom is 0.0108 e. The minimum Gasteiger partial charge on any atom is -0.314 e. The average Bonchev–Trinajstić information content (AvgIpc) is 2.42. The van der Waals surface area contributed by atoms with Crippen LogP contribution in [0, 0.1) is 23.2 Å². The Bertz CT molecular complexity index is 299. The zero-order chi connectivity index (χ0) is 15.5. The molecule has 0 spiro atoms. The van der Waals surface area contributed by atoms with Gasteiger partial charge in [-0.3, -0.25) is 0 Å². The van der Waals surface area contributed by atoms with E-state index >= 15 is 0 Å². The van der Waals surface area contributed by atoms with Gasteiger partial charge in [0, 0.05) is 12.6 Å². The Balaban J connectivity index is 1.83. The van der Waals surface area contributed by atoms with Gasteiger partial charge in [-0.25, -0.2) is 0 Å². The molecule has 3 unspecified atom stereocenters. The van der Waals surface area contributed by atoms with Gasteiger partial charge in [-0.05, 0) is 74.9 Å². The van der Waals surface area contributed by atoms with Crippen LogP contribution in [0.1, 0.15) is 66.7 Å². The first-order valence-electron chi connectivity index (χ1n) is 9.36. The van der Waals surface area contributed by atoms with Crippen molar-refractivity contribution in [3.05, 3.63) is 0 Å².